The van der Waals surface area contributed by atoms with Crippen molar-refractivity contribution < 1.29 is 14.7 Å². The summed E-state index contributed by atoms with van der Waals surface area (Å²) < 4.78 is 0. The van der Waals surface area contributed by atoms with E-state index in [1.54, 1.807) is 24.3 Å². The van der Waals surface area contributed by atoms with Gasteiger partial charge in [-0.2, -0.15) is 0 Å². The molecule has 0 saturated carbocycles. The molecule has 0 bridgehead atoms. The van der Waals surface area contributed by atoms with Crippen molar-refractivity contribution in [1.82, 2.24) is 0 Å². The van der Waals surface area contributed by atoms with E-state index in [0.29, 0.717) is 10.6 Å². The Morgan fingerprint density at radius 1 is 1.36 bits per heavy atom. The SMILES string of the molecule is O=C1CC(C(=O)O)=c2ccccc2=N1. The van der Waals surface area contributed by atoms with Gasteiger partial charge in [-0.15, -0.1) is 0 Å². The molecule has 4 heteroatoms. The van der Waals surface area contributed by atoms with Crippen molar-refractivity contribution >= 4 is 17.4 Å². The second-order valence-electron chi connectivity index (χ2n) is 2.98. The Hall–Kier alpha value is -1.97. The maximum absolute atomic E-state index is 11.1. The first-order chi connectivity index (χ1) is 6.68. The number of hydrogen-bond donors (Lipinski definition) is 1. The van der Waals surface area contributed by atoms with Crippen LogP contribution in [0.4, 0.5) is 0 Å². The van der Waals surface area contributed by atoms with Crippen LogP contribution in [0.1, 0.15) is 6.42 Å². The average Bonchev–Trinajstić information content (AvgIpc) is 2.16. The fraction of sp³-hybridized carbons (Fsp3) is 0.100. The predicted octanol–water partition coefficient (Wildman–Crippen LogP) is -0.528. The van der Waals surface area contributed by atoms with E-state index in [1.807, 2.05) is 0 Å². The van der Waals surface area contributed by atoms with Gasteiger partial charge in [-0.3, -0.25) is 4.79 Å². The molecule has 14 heavy (non-hydrogen) atoms. The third kappa shape index (κ3) is 1.31. The number of rotatable bonds is 1. The molecule has 1 aromatic rings. The Morgan fingerprint density at radius 3 is 2.79 bits per heavy atom. The summed E-state index contributed by atoms with van der Waals surface area (Å²) in [6, 6.07) is 6.75. The maximum Gasteiger partial charge on any atom is 0.332 e. The zero-order valence-corrected chi connectivity index (χ0v) is 7.23. The van der Waals surface area contributed by atoms with Gasteiger partial charge < -0.3 is 5.11 Å². The molecule has 0 spiro atoms. The van der Waals surface area contributed by atoms with Gasteiger partial charge in [-0.25, -0.2) is 9.79 Å². The summed E-state index contributed by atoms with van der Waals surface area (Å²) in [5.41, 5.74) is 0.126. The van der Waals surface area contributed by atoms with Crippen LogP contribution in [0, 0.1) is 0 Å². The lowest BCUT2D eigenvalue weighted by molar-refractivity contribution is -0.131. The quantitative estimate of drug-likeness (QED) is 0.645. The molecule has 0 unspecified atom stereocenters. The first-order valence-electron chi connectivity index (χ1n) is 4.11. The van der Waals surface area contributed by atoms with Crippen molar-refractivity contribution in [1.29, 1.82) is 0 Å². The van der Waals surface area contributed by atoms with Gasteiger partial charge in [0.25, 0.3) is 5.91 Å². The zero-order valence-electron chi connectivity index (χ0n) is 7.23. The van der Waals surface area contributed by atoms with E-state index in [9.17, 15) is 9.59 Å². The van der Waals surface area contributed by atoms with Gasteiger partial charge in [0.15, 0.2) is 0 Å². The molecule has 70 valence electrons. The number of carboxylic acids is 1. The minimum atomic E-state index is -1.05. The van der Waals surface area contributed by atoms with E-state index >= 15 is 0 Å². The molecule has 1 amide bonds. The highest BCUT2D eigenvalue weighted by atomic mass is 16.4. The van der Waals surface area contributed by atoms with E-state index < -0.39 is 11.9 Å². The molecule has 1 heterocycles. The number of fused-ring (bicyclic) bond motifs is 1. The lowest BCUT2D eigenvalue weighted by Gasteiger charge is -2.04. The number of nitrogens with zero attached hydrogens (tertiary/aromatic N) is 1. The lowest BCUT2D eigenvalue weighted by atomic mass is 10.1. The summed E-state index contributed by atoms with van der Waals surface area (Å²) in [6.45, 7) is 0. The highest BCUT2D eigenvalue weighted by molar-refractivity contribution is 6.14. The zero-order chi connectivity index (χ0) is 10.1. The second-order valence-corrected chi connectivity index (χ2v) is 2.98. The molecular weight excluding hydrogens is 182 g/mol. The van der Waals surface area contributed by atoms with Gasteiger partial charge in [0.2, 0.25) is 0 Å². The highest BCUT2D eigenvalue weighted by Gasteiger charge is 2.17. The minimum absolute atomic E-state index is 0.119. The third-order valence-corrected chi connectivity index (χ3v) is 2.06. The number of hydrogen-bond acceptors (Lipinski definition) is 2. The molecule has 0 aromatic heterocycles. The molecule has 0 atom stereocenters. The first-order valence-corrected chi connectivity index (χ1v) is 4.11. The van der Waals surface area contributed by atoms with Crippen molar-refractivity contribution in [2.24, 2.45) is 4.99 Å². The topological polar surface area (TPSA) is 66.7 Å². The van der Waals surface area contributed by atoms with Gasteiger partial charge in [0, 0.05) is 5.22 Å². The molecule has 1 aromatic carbocycles. The van der Waals surface area contributed by atoms with Crippen LogP contribution >= 0.6 is 0 Å². The number of amides is 1. The van der Waals surface area contributed by atoms with E-state index in [4.69, 9.17) is 5.11 Å². The smallest absolute Gasteiger partial charge is 0.332 e. The second kappa shape index (κ2) is 3.06. The minimum Gasteiger partial charge on any atom is -0.478 e. The fourth-order valence-electron chi connectivity index (χ4n) is 1.44. The van der Waals surface area contributed by atoms with Gasteiger partial charge in [-0.05, 0) is 6.07 Å². The predicted molar refractivity (Wildman–Crippen MR) is 47.9 cm³/mol. The van der Waals surface area contributed by atoms with Gasteiger partial charge in [0.1, 0.15) is 0 Å². The van der Waals surface area contributed by atoms with Crippen molar-refractivity contribution in [2.75, 3.05) is 0 Å². The normalized spacial score (nSPS) is 14.6. The van der Waals surface area contributed by atoms with Crippen molar-refractivity contribution in [3.8, 4) is 0 Å². The Labute approximate surface area is 79.2 Å². The summed E-state index contributed by atoms with van der Waals surface area (Å²) in [5.74, 6) is -1.46. The summed E-state index contributed by atoms with van der Waals surface area (Å²) in [4.78, 5) is 25.7. The molecule has 4 nitrogen and oxygen atoms in total. The van der Waals surface area contributed by atoms with Crippen LogP contribution in [0.5, 0.6) is 0 Å². The number of benzene rings is 1. The van der Waals surface area contributed by atoms with Gasteiger partial charge >= 0.3 is 5.97 Å². The summed E-state index contributed by atoms with van der Waals surface area (Å²) >= 11 is 0. The van der Waals surface area contributed by atoms with Crippen LogP contribution in [-0.2, 0) is 9.59 Å². The maximum atomic E-state index is 11.1. The molecular formula is C10H7NO3. The average molecular weight is 189 g/mol. The summed E-state index contributed by atoms with van der Waals surface area (Å²) in [5, 5.41) is 9.86. The van der Waals surface area contributed by atoms with Crippen LogP contribution in [0.2, 0.25) is 0 Å². The summed E-state index contributed by atoms with van der Waals surface area (Å²) in [7, 11) is 0. The molecule has 1 aliphatic heterocycles. The number of carbonyl (C=O) groups is 2. The van der Waals surface area contributed by atoms with E-state index in [2.05, 4.69) is 4.99 Å². The highest BCUT2D eigenvalue weighted by Crippen LogP contribution is 2.03. The molecule has 1 N–H and O–H groups in total. The van der Waals surface area contributed by atoms with Crippen molar-refractivity contribution in [3.05, 3.63) is 34.8 Å². The van der Waals surface area contributed by atoms with Crippen molar-refractivity contribution in [2.45, 2.75) is 6.42 Å². The molecule has 2 rings (SSSR count). The van der Waals surface area contributed by atoms with Crippen LogP contribution in [0.25, 0.3) is 5.57 Å². The van der Waals surface area contributed by atoms with E-state index in [1.165, 1.54) is 0 Å². The van der Waals surface area contributed by atoms with Gasteiger partial charge in [0.05, 0.1) is 17.4 Å². The van der Waals surface area contributed by atoms with Crippen molar-refractivity contribution in [3.63, 3.8) is 0 Å². The Morgan fingerprint density at radius 2 is 2.07 bits per heavy atom. The first kappa shape index (κ1) is 8.62. The lowest BCUT2D eigenvalue weighted by Crippen LogP contribution is -2.34. The number of aliphatic carboxylic acids is 1. The number of carbonyl (C=O) groups excluding carboxylic acids is 1. The van der Waals surface area contributed by atoms with Crippen LogP contribution in [-0.4, -0.2) is 17.0 Å². The number of carboxylic acid groups (broad SMARTS) is 1. The third-order valence-electron chi connectivity index (χ3n) is 2.06. The van der Waals surface area contributed by atoms with E-state index in [-0.39, 0.29) is 12.0 Å². The summed E-state index contributed by atoms with van der Waals surface area (Å²) in [6.07, 6.45) is -0.119. The van der Waals surface area contributed by atoms with E-state index in [0.717, 1.165) is 0 Å². The molecule has 0 radical (unpaired) electrons. The fourth-order valence-corrected chi connectivity index (χ4v) is 1.44. The Bertz CT molecular complexity index is 531. The monoisotopic (exact) mass is 189 g/mol. The number of para-hydroxylation sites is 1. The largest absolute Gasteiger partial charge is 0.478 e. The Balaban J connectivity index is 2.87. The van der Waals surface area contributed by atoms with Crippen LogP contribution < -0.4 is 10.6 Å². The van der Waals surface area contributed by atoms with Gasteiger partial charge in [-0.1, -0.05) is 18.2 Å². The Kier molecular flexibility index (Phi) is 1.89. The molecule has 0 saturated heterocycles. The van der Waals surface area contributed by atoms with Crippen LogP contribution in [0.15, 0.2) is 29.3 Å². The van der Waals surface area contributed by atoms with Crippen LogP contribution in [0.3, 0.4) is 0 Å². The molecule has 0 aliphatic carbocycles. The standard InChI is InChI=1S/C10H7NO3/c12-9-5-7(10(13)14)6-3-1-2-4-8(6)11-9/h1-4H,5H2,(H,13,14). The molecule has 1 aliphatic rings. The molecule has 0 fully saturated rings.